The molecule has 0 aliphatic rings. The molecule has 0 spiro atoms. The minimum Gasteiger partial charge on any atom is -0.382 e. The van der Waals surface area contributed by atoms with Crippen molar-refractivity contribution in [2.75, 3.05) is 5.73 Å². The van der Waals surface area contributed by atoms with Gasteiger partial charge in [0.25, 0.3) is 0 Å². The highest BCUT2D eigenvalue weighted by atomic mass is 35.5. The van der Waals surface area contributed by atoms with Crippen LogP contribution in [0.1, 0.15) is 0 Å². The zero-order valence-corrected chi connectivity index (χ0v) is 4.93. The number of rotatable bonds is 0. The van der Waals surface area contributed by atoms with Gasteiger partial charge in [0.2, 0.25) is 0 Å². The molecule has 44 valence electrons. The van der Waals surface area contributed by atoms with Crippen LogP contribution in [0.25, 0.3) is 0 Å². The molecule has 3 nitrogen and oxygen atoms in total. The van der Waals surface area contributed by atoms with Gasteiger partial charge in [-0.05, 0) is 12.1 Å². The van der Waals surface area contributed by atoms with E-state index in [4.69, 9.17) is 5.73 Å². The first kappa shape index (κ1) is 7.17. The first-order valence-corrected chi connectivity index (χ1v) is 1.93. The standard InChI is InChI=1S/C4H5N3.ClH/c5-4-2-1-3-6-7-4;/h1-3H,(H2,5,7);1H. The largest absolute Gasteiger partial charge is 0.382 e. The molecular weight excluding hydrogens is 126 g/mol. The van der Waals surface area contributed by atoms with Crippen LogP contribution in [0.4, 0.5) is 5.82 Å². The van der Waals surface area contributed by atoms with Crippen molar-refractivity contribution in [3.05, 3.63) is 18.3 Å². The predicted octanol–water partition coefficient (Wildman–Crippen LogP) is 0.481. The topological polar surface area (TPSA) is 51.8 Å². The number of nitrogen functional groups attached to an aromatic ring is 1. The molecule has 0 saturated heterocycles. The van der Waals surface area contributed by atoms with E-state index in [9.17, 15) is 0 Å². The quantitative estimate of drug-likeness (QED) is 0.557. The first-order valence-electron chi connectivity index (χ1n) is 1.93. The molecule has 8 heavy (non-hydrogen) atoms. The van der Waals surface area contributed by atoms with E-state index in [0.29, 0.717) is 5.82 Å². The Labute approximate surface area is 53.3 Å². The van der Waals surface area contributed by atoms with Gasteiger partial charge in [-0.25, -0.2) is 0 Å². The summed E-state index contributed by atoms with van der Waals surface area (Å²) in [5.41, 5.74) is 5.18. The van der Waals surface area contributed by atoms with E-state index in [1.807, 2.05) is 0 Å². The molecule has 0 saturated carbocycles. The van der Waals surface area contributed by atoms with E-state index in [-0.39, 0.29) is 12.4 Å². The summed E-state index contributed by atoms with van der Waals surface area (Å²) in [5.74, 6) is 0.461. The van der Waals surface area contributed by atoms with Crippen LogP contribution in [0.15, 0.2) is 18.3 Å². The zero-order chi connectivity index (χ0) is 5.11. The SMILES string of the molecule is Cl.Nc1cccnn1. The Kier molecular flexibility index (Phi) is 2.88. The lowest BCUT2D eigenvalue weighted by molar-refractivity contribution is 1.04. The van der Waals surface area contributed by atoms with Gasteiger partial charge in [0.05, 0.1) is 0 Å². The van der Waals surface area contributed by atoms with Crippen LogP contribution >= 0.6 is 12.4 Å². The Hall–Kier alpha value is -0.830. The van der Waals surface area contributed by atoms with Gasteiger partial charge in [0.15, 0.2) is 0 Å². The van der Waals surface area contributed by atoms with Gasteiger partial charge in [0.1, 0.15) is 5.82 Å². The van der Waals surface area contributed by atoms with Crippen LogP contribution in [0.3, 0.4) is 0 Å². The average Bonchev–Trinajstić information content (AvgIpc) is 1.69. The number of hydrogen-bond acceptors (Lipinski definition) is 3. The van der Waals surface area contributed by atoms with E-state index < -0.39 is 0 Å². The van der Waals surface area contributed by atoms with E-state index >= 15 is 0 Å². The summed E-state index contributed by atoms with van der Waals surface area (Å²) in [6, 6.07) is 3.43. The van der Waals surface area contributed by atoms with Gasteiger partial charge >= 0.3 is 0 Å². The Morgan fingerprint density at radius 1 is 1.50 bits per heavy atom. The summed E-state index contributed by atoms with van der Waals surface area (Å²) in [4.78, 5) is 0. The fraction of sp³-hybridized carbons (Fsp3) is 0. The van der Waals surface area contributed by atoms with Gasteiger partial charge in [-0.1, -0.05) is 0 Å². The van der Waals surface area contributed by atoms with E-state index in [2.05, 4.69) is 10.2 Å². The van der Waals surface area contributed by atoms with Gasteiger partial charge in [-0.3, -0.25) is 0 Å². The van der Waals surface area contributed by atoms with Crippen molar-refractivity contribution in [3.63, 3.8) is 0 Å². The highest BCUT2D eigenvalue weighted by molar-refractivity contribution is 5.85. The molecule has 1 aromatic heterocycles. The van der Waals surface area contributed by atoms with Crippen LogP contribution in [0.5, 0.6) is 0 Å². The van der Waals surface area contributed by atoms with Crippen molar-refractivity contribution < 1.29 is 0 Å². The summed E-state index contributed by atoms with van der Waals surface area (Å²) in [7, 11) is 0. The summed E-state index contributed by atoms with van der Waals surface area (Å²) in [5, 5.41) is 7.02. The fourth-order valence-electron chi connectivity index (χ4n) is 0.313. The highest BCUT2D eigenvalue weighted by Crippen LogP contribution is 1.86. The molecule has 4 heteroatoms. The molecular formula is C4H6ClN3. The number of halogens is 1. The number of hydrogen-bond donors (Lipinski definition) is 1. The van der Waals surface area contributed by atoms with E-state index in [1.54, 1.807) is 18.3 Å². The Morgan fingerprint density at radius 2 is 2.25 bits per heavy atom. The number of anilines is 1. The minimum atomic E-state index is 0. The van der Waals surface area contributed by atoms with Crippen molar-refractivity contribution >= 4 is 18.2 Å². The van der Waals surface area contributed by atoms with Crippen LogP contribution in [-0.2, 0) is 0 Å². The Bertz CT molecular complexity index is 141. The molecule has 2 N–H and O–H groups in total. The molecule has 0 fully saturated rings. The van der Waals surface area contributed by atoms with Crippen LogP contribution in [0.2, 0.25) is 0 Å². The first-order chi connectivity index (χ1) is 3.39. The molecule has 1 rings (SSSR count). The molecule has 0 aromatic carbocycles. The summed E-state index contributed by atoms with van der Waals surface area (Å²) >= 11 is 0. The maximum Gasteiger partial charge on any atom is 0.146 e. The molecule has 0 amide bonds. The van der Waals surface area contributed by atoms with Crippen molar-refractivity contribution in [1.29, 1.82) is 0 Å². The average molecular weight is 132 g/mol. The second kappa shape index (κ2) is 3.21. The fourth-order valence-corrected chi connectivity index (χ4v) is 0.313. The zero-order valence-electron chi connectivity index (χ0n) is 4.11. The summed E-state index contributed by atoms with van der Waals surface area (Å²) in [6.07, 6.45) is 1.58. The Balaban J connectivity index is 0.000000490. The third kappa shape index (κ3) is 1.75. The third-order valence-electron chi connectivity index (χ3n) is 0.593. The summed E-state index contributed by atoms with van der Waals surface area (Å²) in [6.45, 7) is 0. The van der Waals surface area contributed by atoms with Crippen molar-refractivity contribution in [3.8, 4) is 0 Å². The highest BCUT2D eigenvalue weighted by Gasteiger charge is 1.75. The van der Waals surface area contributed by atoms with Gasteiger partial charge < -0.3 is 5.73 Å². The Morgan fingerprint density at radius 3 is 2.50 bits per heavy atom. The molecule has 0 radical (unpaired) electrons. The van der Waals surface area contributed by atoms with Gasteiger partial charge in [-0.15, -0.1) is 17.5 Å². The second-order valence-electron chi connectivity index (χ2n) is 1.15. The van der Waals surface area contributed by atoms with Crippen LogP contribution < -0.4 is 5.73 Å². The van der Waals surface area contributed by atoms with E-state index in [1.165, 1.54) is 0 Å². The lowest BCUT2D eigenvalue weighted by Gasteiger charge is -1.81. The van der Waals surface area contributed by atoms with Crippen LogP contribution in [-0.4, -0.2) is 10.2 Å². The molecule has 0 atom stereocenters. The third-order valence-corrected chi connectivity index (χ3v) is 0.593. The summed E-state index contributed by atoms with van der Waals surface area (Å²) < 4.78 is 0. The lowest BCUT2D eigenvalue weighted by atomic mass is 10.6. The normalized spacial score (nSPS) is 7.50. The lowest BCUT2D eigenvalue weighted by Crippen LogP contribution is -1.88. The van der Waals surface area contributed by atoms with E-state index in [0.717, 1.165) is 0 Å². The van der Waals surface area contributed by atoms with Crippen molar-refractivity contribution in [1.82, 2.24) is 10.2 Å². The number of aromatic nitrogens is 2. The number of nitrogens with zero attached hydrogens (tertiary/aromatic N) is 2. The molecule has 0 aliphatic carbocycles. The van der Waals surface area contributed by atoms with Crippen molar-refractivity contribution in [2.24, 2.45) is 0 Å². The predicted molar refractivity (Wildman–Crippen MR) is 33.7 cm³/mol. The molecule has 0 aliphatic heterocycles. The van der Waals surface area contributed by atoms with Crippen LogP contribution in [0, 0.1) is 0 Å². The number of nitrogens with two attached hydrogens (primary N) is 1. The van der Waals surface area contributed by atoms with Gasteiger partial charge in [-0.2, -0.15) is 5.10 Å². The maximum atomic E-state index is 5.18. The maximum absolute atomic E-state index is 5.18. The smallest absolute Gasteiger partial charge is 0.146 e. The van der Waals surface area contributed by atoms with Gasteiger partial charge in [0, 0.05) is 6.20 Å². The molecule has 0 bridgehead atoms. The molecule has 0 unspecified atom stereocenters. The van der Waals surface area contributed by atoms with Crippen molar-refractivity contribution in [2.45, 2.75) is 0 Å². The minimum absolute atomic E-state index is 0. The molecule has 1 heterocycles. The second-order valence-corrected chi connectivity index (χ2v) is 1.15. The molecule has 1 aromatic rings. The monoisotopic (exact) mass is 131 g/mol.